The number of guanidine groups is 1. The Labute approximate surface area is 154 Å². The summed E-state index contributed by atoms with van der Waals surface area (Å²) in [5, 5.41) is 15.5. The Bertz CT molecular complexity index is 674. The smallest absolute Gasteiger partial charge is 0.194 e. The standard InChI is InChI=1S/C18H23N3O.HI/c1-2-19-18(21-10-9-17(22)13-21)20-12-14-7-8-15-5-3-4-6-16(15)11-14;/h3-8,11,17,22H,2,9-10,12-13H2,1H3,(H,19,20);1H/t17-;/m1./s1. The topological polar surface area (TPSA) is 47.9 Å². The molecule has 2 aromatic rings. The molecule has 3 rings (SSSR count). The second-order valence-corrected chi connectivity index (χ2v) is 5.74. The molecule has 1 fully saturated rings. The van der Waals surface area contributed by atoms with E-state index in [-0.39, 0.29) is 30.1 Å². The van der Waals surface area contributed by atoms with Gasteiger partial charge in [-0.3, -0.25) is 0 Å². The van der Waals surface area contributed by atoms with Gasteiger partial charge in [-0.25, -0.2) is 4.99 Å². The first-order valence-electron chi connectivity index (χ1n) is 7.95. The van der Waals surface area contributed by atoms with Crippen LogP contribution < -0.4 is 5.32 Å². The molecule has 5 heteroatoms. The summed E-state index contributed by atoms with van der Waals surface area (Å²) in [5.74, 6) is 0.896. The second kappa shape index (κ2) is 8.49. The zero-order valence-corrected chi connectivity index (χ0v) is 15.7. The number of aliphatic imine (C=N–C) groups is 1. The molecule has 0 aromatic heterocycles. The van der Waals surface area contributed by atoms with Crippen LogP contribution in [0, 0.1) is 0 Å². The lowest BCUT2D eigenvalue weighted by molar-refractivity contribution is 0.188. The summed E-state index contributed by atoms with van der Waals surface area (Å²) >= 11 is 0. The summed E-state index contributed by atoms with van der Waals surface area (Å²) in [6.07, 6.45) is 0.588. The average molecular weight is 425 g/mol. The molecule has 1 aliphatic rings. The lowest BCUT2D eigenvalue weighted by Gasteiger charge is -2.20. The van der Waals surface area contributed by atoms with Gasteiger partial charge in [-0.15, -0.1) is 24.0 Å². The Hall–Kier alpha value is -1.34. The maximum absolute atomic E-state index is 9.70. The van der Waals surface area contributed by atoms with Crippen LogP contribution in [-0.4, -0.2) is 41.7 Å². The van der Waals surface area contributed by atoms with Crippen LogP contribution in [-0.2, 0) is 6.54 Å². The summed E-state index contributed by atoms with van der Waals surface area (Å²) in [6.45, 7) is 5.09. The molecule has 0 aliphatic carbocycles. The second-order valence-electron chi connectivity index (χ2n) is 5.74. The maximum atomic E-state index is 9.70. The Balaban J connectivity index is 0.00000192. The summed E-state index contributed by atoms with van der Waals surface area (Å²) in [5.41, 5.74) is 1.20. The Kier molecular flexibility index (Phi) is 6.65. The first kappa shape index (κ1) is 18.0. The minimum Gasteiger partial charge on any atom is -0.391 e. The van der Waals surface area contributed by atoms with Gasteiger partial charge in [0, 0.05) is 19.6 Å². The molecule has 1 atom stereocenters. The van der Waals surface area contributed by atoms with Crippen LogP contribution >= 0.6 is 24.0 Å². The number of benzene rings is 2. The molecule has 0 amide bonds. The van der Waals surface area contributed by atoms with Gasteiger partial charge >= 0.3 is 0 Å². The monoisotopic (exact) mass is 425 g/mol. The van der Waals surface area contributed by atoms with Gasteiger partial charge < -0.3 is 15.3 Å². The van der Waals surface area contributed by atoms with Crippen LogP contribution in [0.1, 0.15) is 18.9 Å². The van der Waals surface area contributed by atoms with Crippen molar-refractivity contribution < 1.29 is 5.11 Å². The highest BCUT2D eigenvalue weighted by atomic mass is 127. The van der Waals surface area contributed by atoms with Gasteiger partial charge in [-0.2, -0.15) is 0 Å². The number of nitrogens with zero attached hydrogens (tertiary/aromatic N) is 2. The fraction of sp³-hybridized carbons (Fsp3) is 0.389. The number of hydrogen-bond donors (Lipinski definition) is 2. The van der Waals surface area contributed by atoms with Gasteiger partial charge in [0.2, 0.25) is 0 Å². The predicted octanol–water partition coefficient (Wildman–Crippen LogP) is 2.99. The van der Waals surface area contributed by atoms with Gasteiger partial charge in [-0.05, 0) is 35.7 Å². The van der Waals surface area contributed by atoms with Crippen LogP contribution in [0.5, 0.6) is 0 Å². The van der Waals surface area contributed by atoms with Crippen molar-refractivity contribution in [2.75, 3.05) is 19.6 Å². The van der Waals surface area contributed by atoms with E-state index in [1.165, 1.54) is 16.3 Å². The molecule has 124 valence electrons. The van der Waals surface area contributed by atoms with Crippen molar-refractivity contribution in [3.63, 3.8) is 0 Å². The number of hydrogen-bond acceptors (Lipinski definition) is 2. The van der Waals surface area contributed by atoms with Gasteiger partial charge in [-0.1, -0.05) is 36.4 Å². The fourth-order valence-electron chi connectivity index (χ4n) is 2.86. The zero-order valence-electron chi connectivity index (χ0n) is 13.4. The number of rotatable bonds is 3. The number of aliphatic hydroxyl groups excluding tert-OH is 1. The molecule has 4 nitrogen and oxygen atoms in total. The SMILES string of the molecule is CCNC(=NCc1ccc2ccccc2c1)N1CC[C@@H](O)C1.I. The van der Waals surface area contributed by atoms with E-state index in [4.69, 9.17) is 4.99 Å². The van der Waals surface area contributed by atoms with E-state index in [9.17, 15) is 5.11 Å². The highest BCUT2D eigenvalue weighted by molar-refractivity contribution is 14.0. The first-order valence-corrected chi connectivity index (χ1v) is 7.95. The molecule has 0 radical (unpaired) electrons. The van der Waals surface area contributed by atoms with Gasteiger partial charge in [0.25, 0.3) is 0 Å². The van der Waals surface area contributed by atoms with E-state index in [0.29, 0.717) is 13.1 Å². The first-order chi connectivity index (χ1) is 10.8. The van der Waals surface area contributed by atoms with Gasteiger partial charge in [0.15, 0.2) is 5.96 Å². The fourth-order valence-corrected chi connectivity index (χ4v) is 2.86. The molecule has 0 bridgehead atoms. The van der Waals surface area contributed by atoms with Crippen molar-refractivity contribution >= 4 is 40.7 Å². The highest BCUT2D eigenvalue weighted by Gasteiger charge is 2.22. The van der Waals surface area contributed by atoms with E-state index in [1.807, 2.05) is 0 Å². The summed E-state index contributed by atoms with van der Waals surface area (Å²) in [7, 11) is 0. The summed E-state index contributed by atoms with van der Waals surface area (Å²) in [6, 6.07) is 14.8. The average Bonchev–Trinajstić information content (AvgIpc) is 2.97. The molecule has 23 heavy (non-hydrogen) atoms. The van der Waals surface area contributed by atoms with Crippen molar-refractivity contribution in [1.29, 1.82) is 0 Å². The largest absolute Gasteiger partial charge is 0.391 e. The number of likely N-dealkylation sites (tertiary alicyclic amines) is 1. The van der Waals surface area contributed by atoms with Crippen LogP contribution in [0.4, 0.5) is 0 Å². The lowest BCUT2D eigenvalue weighted by Crippen LogP contribution is -2.40. The van der Waals surface area contributed by atoms with Crippen molar-refractivity contribution in [1.82, 2.24) is 10.2 Å². The number of halogens is 1. The molecule has 0 spiro atoms. The Morgan fingerprint density at radius 2 is 2.04 bits per heavy atom. The van der Waals surface area contributed by atoms with Gasteiger partial charge in [0.05, 0.1) is 12.6 Å². The zero-order chi connectivity index (χ0) is 15.4. The molecular weight excluding hydrogens is 401 g/mol. The molecule has 1 heterocycles. The molecule has 2 aromatic carbocycles. The number of β-amino-alcohol motifs (C(OH)–C–C–N with tert-alkyl or cyclic N) is 1. The van der Waals surface area contributed by atoms with E-state index >= 15 is 0 Å². The normalized spacial score (nSPS) is 18.1. The van der Waals surface area contributed by atoms with E-state index in [2.05, 4.69) is 59.6 Å². The molecular formula is C18H24IN3O. The van der Waals surface area contributed by atoms with Gasteiger partial charge in [0.1, 0.15) is 0 Å². The number of nitrogens with one attached hydrogen (secondary N) is 1. The van der Waals surface area contributed by atoms with Crippen LogP contribution in [0.2, 0.25) is 0 Å². The quantitative estimate of drug-likeness (QED) is 0.452. The van der Waals surface area contributed by atoms with Crippen LogP contribution in [0.15, 0.2) is 47.5 Å². The maximum Gasteiger partial charge on any atom is 0.194 e. The third-order valence-corrected chi connectivity index (χ3v) is 4.02. The summed E-state index contributed by atoms with van der Waals surface area (Å²) < 4.78 is 0. The van der Waals surface area contributed by atoms with E-state index in [0.717, 1.165) is 25.5 Å². The van der Waals surface area contributed by atoms with Crippen molar-refractivity contribution in [2.45, 2.75) is 26.0 Å². The van der Waals surface area contributed by atoms with Crippen molar-refractivity contribution in [3.8, 4) is 0 Å². The molecule has 0 unspecified atom stereocenters. The molecule has 0 saturated carbocycles. The van der Waals surface area contributed by atoms with Crippen LogP contribution in [0.25, 0.3) is 10.8 Å². The third kappa shape index (κ3) is 4.57. The van der Waals surface area contributed by atoms with Crippen molar-refractivity contribution in [2.24, 2.45) is 4.99 Å². The molecule has 1 saturated heterocycles. The summed E-state index contributed by atoms with van der Waals surface area (Å²) in [4.78, 5) is 6.86. The predicted molar refractivity (Wildman–Crippen MR) is 106 cm³/mol. The van der Waals surface area contributed by atoms with E-state index < -0.39 is 0 Å². The molecule has 1 aliphatic heterocycles. The number of fused-ring (bicyclic) bond motifs is 1. The molecule has 2 N–H and O–H groups in total. The Morgan fingerprint density at radius 3 is 2.74 bits per heavy atom. The lowest BCUT2D eigenvalue weighted by atomic mass is 10.1. The minimum atomic E-state index is -0.232. The minimum absolute atomic E-state index is 0. The highest BCUT2D eigenvalue weighted by Crippen LogP contribution is 2.16. The van der Waals surface area contributed by atoms with Crippen LogP contribution in [0.3, 0.4) is 0 Å². The number of aliphatic hydroxyl groups is 1. The third-order valence-electron chi connectivity index (χ3n) is 4.02. The van der Waals surface area contributed by atoms with E-state index in [1.54, 1.807) is 0 Å². The van der Waals surface area contributed by atoms with Crippen molar-refractivity contribution in [3.05, 3.63) is 48.0 Å². The Morgan fingerprint density at radius 1 is 1.26 bits per heavy atom.